The van der Waals surface area contributed by atoms with Crippen molar-refractivity contribution in [3.8, 4) is 5.75 Å². The van der Waals surface area contributed by atoms with Gasteiger partial charge in [-0.15, -0.1) is 11.8 Å². The molecule has 1 unspecified atom stereocenters. The Bertz CT molecular complexity index is 314. The third-order valence-corrected chi connectivity index (χ3v) is 3.37. The van der Waals surface area contributed by atoms with E-state index in [1.165, 1.54) is 10.5 Å². The predicted octanol–water partition coefficient (Wildman–Crippen LogP) is 3.09. The Labute approximate surface area is 96.4 Å². The van der Waals surface area contributed by atoms with E-state index in [1.807, 2.05) is 30.9 Å². The molecule has 1 N–H and O–H groups in total. The van der Waals surface area contributed by atoms with Gasteiger partial charge in [-0.05, 0) is 31.9 Å². The van der Waals surface area contributed by atoms with Crippen LogP contribution >= 0.6 is 11.8 Å². The average molecular weight is 225 g/mol. The van der Waals surface area contributed by atoms with Crippen molar-refractivity contribution in [1.29, 1.82) is 0 Å². The Morgan fingerprint density at radius 2 is 2.20 bits per heavy atom. The molecule has 0 fully saturated rings. The quantitative estimate of drug-likeness (QED) is 0.778. The first-order chi connectivity index (χ1) is 7.24. The van der Waals surface area contributed by atoms with Gasteiger partial charge < -0.3 is 10.1 Å². The van der Waals surface area contributed by atoms with E-state index in [1.54, 1.807) is 7.11 Å². The van der Waals surface area contributed by atoms with Gasteiger partial charge in [0.2, 0.25) is 0 Å². The molecule has 0 aliphatic rings. The standard InChI is InChI=1S/C12H19NOS/c1-5-15-11-8-6-7-10(14-4)12(11)9(2)13-3/h6-9,13H,5H2,1-4H3. The molecule has 2 nitrogen and oxygen atoms in total. The minimum Gasteiger partial charge on any atom is -0.496 e. The average Bonchev–Trinajstić information content (AvgIpc) is 2.28. The molecule has 84 valence electrons. The number of benzene rings is 1. The van der Waals surface area contributed by atoms with Gasteiger partial charge in [0.25, 0.3) is 0 Å². The first kappa shape index (κ1) is 12.4. The fourth-order valence-electron chi connectivity index (χ4n) is 1.55. The molecule has 0 saturated heterocycles. The highest BCUT2D eigenvalue weighted by Crippen LogP contribution is 2.34. The molecule has 0 bridgehead atoms. The van der Waals surface area contributed by atoms with Crippen LogP contribution < -0.4 is 10.1 Å². The number of ether oxygens (including phenoxy) is 1. The minimum absolute atomic E-state index is 0.315. The normalized spacial score (nSPS) is 12.5. The molecular weight excluding hydrogens is 206 g/mol. The lowest BCUT2D eigenvalue weighted by molar-refractivity contribution is 0.401. The molecule has 0 aromatic heterocycles. The van der Waals surface area contributed by atoms with Gasteiger partial charge in [-0.1, -0.05) is 13.0 Å². The molecule has 3 heteroatoms. The fraction of sp³-hybridized carbons (Fsp3) is 0.500. The van der Waals surface area contributed by atoms with Gasteiger partial charge in [-0.25, -0.2) is 0 Å². The summed E-state index contributed by atoms with van der Waals surface area (Å²) < 4.78 is 5.40. The van der Waals surface area contributed by atoms with Crippen molar-refractivity contribution in [3.63, 3.8) is 0 Å². The van der Waals surface area contributed by atoms with Crippen molar-refractivity contribution < 1.29 is 4.74 Å². The Balaban J connectivity index is 3.14. The second-order valence-corrected chi connectivity index (χ2v) is 4.62. The molecule has 0 aliphatic carbocycles. The van der Waals surface area contributed by atoms with E-state index in [0.717, 1.165) is 11.5 Å². The Hall–Kier alpha value is -0.670. The summed E-state index contributed by atoms with van der Waals surface area (Å²) in [5.41, 5.74) is 1.26. The summed E-state index contributed by atoms with van der Waals surface area (Å²) in [6, 6.07) is 6.53. The zero-order valence-electron chi connectivity index (χ0n) is 9.83. The van der Waals surface area contributed by atoms with Crippen LogP contribution in [0.25, 0.3) is 0 Å². The molecule has 15 heavy (non-hydrogen) atoms. The van der Waals surface area contributed by atoms with Crippen molar-refractivity contribution in [2.45, 2.75) is 24.8 Å². The summed E-state index contributed by atoms with van der Waals surface area (Å²) >= 11 is 1.86. The van der Waals surface area contributed by atoms with E-state index in [4.69, 9.17) is 4.74 Å². The highest BCUT2D eigenvalue weighted by Gasteiger charge is 2.14. The smallest absolute Gasteiger partial charge is 0.124 e. The molecule has 0 radical (unpaired) electrons. The summed E-state index contributed by atoms with van der Waals surface area (Å²) in [4.78, 5) is 1.30. The van der Waals surface area contributed by atoms with Crippen molar-refractivity contribution in [3.05, 3.63) is 23.8 Å². The largest absolute Gasteiger partial charge is 0.496 e. The van der Waals surface area contributed by atoms with Crippen LogP contribution in [0, 0.1) is 0 Å². The highest BCUT2D eigenvalue weighted by molar-refractivity contribution is 7.99. The molecule has 0 saturated carbocycles. The minimum atomic E-state index is 0.315. The Morgan fingerprint density at radius 3 is 2.73 bits per heavy atom. The second kappa shape index (κ2) is 6.03. The number of thioether (sulfide) groups is 1. The van der Waals surface area contributed by atoms with E-state index >= 15 is 0 Å². The van der Waals surface area contributed by atoms with Gasteiger partial charge in [-0.2, -0.15) is 0 Å². The third kappa shape index (κ3) is 2.89. The molecule has 1 aromatic carbocycles. The van der Waals surface area contributed by atoms with E-state index in [2.05, 4.69) is 25.2 Å². The molecular formula is C12H19NOS. The molecule has 0 aliphatic heterocycles. The summed E-state index contributed by atoms with van der Waals surface area (Å²) in [6.45, 7) is 4.32. The maximum Gasteiger partial charge on any atom is 0.124 e. The first-order valence-electron chi connectivity index (χ1n) is 5.21. The van der Waals surface area contributed by atoms with Gasteiger partial charge in [-0.3, -0.25) is 0 Å². The van der Waals surface area contributed by atoms with Crippen LogP contribution in [-0.2, 0) is 0 Å². The zero-order chi connectivity index (χ0) is 11.3. The first-order valence-corrected chi connectivity index (χ1v) is 6.20. The van der Waals surface area contributed by atoms with Crippen LogP contribution in [0.5, 0.6) is 5.75 Å². The van der Waals surface area contributed by atoms with Crippen LogP contribution in [0.4, 0.5) is 0 Å². The van der Waals surface area contributed by atoms with Crippen molar-refractivity contribution in [1.82, 2.24) is 5.32 Å². The van der Waals surface area contributed by atoms with Gasteiger partial charge in [0, 0.05) is 16.5 Å². The van der Waals surface area contributed by atoms with Gasteiger partial charge in [0.1, 0.15) is 5.75 Å². The molecule has 0 amide bonds. The zero-order valence-corrected chi connectivity index (χ0v) is 10.6. The van der Waals surface area contributed by atoms with Crippen LogP contribution in [0.1, 0.15) is 25.5 Å². The Morgan fingerprint density at radius 1 is 1.47 bits per heavy atom. The predicted molar refractivity (Wildman–Crippen MR) is 66.9 cm³/mol. The van der Waals surface area contributed by atoms with Gasteiger partial charge in [0.05, 0.1) is 7.11 Å². The second-order valence-electron chi connectivity index (χ2n) is 3.32. The highest BCUT2D eigenvalue weighted by atomic mass is 32.2. The van der Waals surface area contributed by atoms with E-state index in [9.17, 15) is 0 Å². The molecule has 1 atom stereocenters. The van der Waals surface area contributed by atoms with Crippen LogP contribution in [0.2, 0.25) is 0 Å². The Kier molecular flexibility index (Phi) is 4.99. The summed E-state index contributed by atoms with van der Waals surface area (Å²) in [5, 5.41) is 3.26. The maximum atomic E-state index is 5.40. The number of hydrogen-bond donors (Lipinski definition) is 1. The monoisotopic (exact) mass is 225 g/mol. The number of rotatable bonds is 5. The van der Waals surface area contributed by atoms with Gasteiger partial charge in [0.15, 0.2) is 0 Å². The van der Waals surface area contributed by atoms with E-state index in [-0.39, 0.29) is 0 Å². The fourth-order valence-corrected chi connectivity index (χ4v) is 2.47. The van der Waals surface area contributed by atoms with Gasteiger partial charge >= 0.3 is 0 Å². The van der Waals surface area contributed by atoms with Crippen molar-refractivity contribution >= 4 is 11.8 Å². The molecule has 0 heterocycles. The van der Waals surface area contributed by atoms with Crippen LogP contribution in [0.15, 0.2) is 23.1 Å². The number of hydrogen-bond acceptors (Lipinski definition) is 3. The lowest BCUT2D eigenvalue weighted by atomic mass is 10.1. The lowest BCUT2D eigenvalue weighted by Crippen LogP contribution is -2.14. The van der Waals surface area contributed by atoms with Crippen molar-refractivity contribution in [2.24, 2.45) is 0 Å². The number of nitrogens with one attached hydrogen (secondary N) is 1. The molecule has 1 rings (SSSR count). The maximum absolute atomic E-state index is 5.40. The van der Waals surface area contributed by atoms with E-state index in [0.29, 0.717) is 6.04 Å². The molecule has 0 spiro atoms. The topological polar surface area (TPSA) is 21.3 Å². The number of methoxy groups -OCH3 is 1. The van der Waals surface area contributed by atoms with Crippen molar-refractivity contribution in [2.75, 3.05) is 19.9 Å². The van der Waals surface area contributed by atoms with Crippen LogP contribution in [-0.4, -0.2) is 19.9 Å². The van der Waals surface area contributed by atoms with E-state index < -0.39 is 0 Å². The SMILES string of the molecule is CCSc1cccc(OC)c1C(C)NC. The lowest BCUT2D eigenvalue weighted by Gasteiger charge is -2.18. The summed E-state index contributed by atoms with van der Waals surface area (Å²) in [5.74, 6) is 2.05. The van der Waals surface area contributed by atoms with Crippen LogP contribution in [0.3, 0.4) is 0 Å². The third-order valence-electron chi connectivity index (χ3n) is 2.41. The summed E-state index contributed by atoms with van der Waals surface area (Å²) in [6.07, 6.45) is 0. The molecule has 1 aromatic rings. The summed E-state index contributed by atoms with van der Waals surface area (Å²) in [7, 11) is 3.69.